The number of rotatable bonds is 3. The Kier molecular flexibility index (Phi) is 5.52. The first kappa shape index (κ1) is 20.8. The molecule has 0 aliphatic carbocycles. The number of urea groups is 1. The fourth-order valence-electron chi connectivity index (χ4n) is 4.01. The van der Waals surface area contributed by atoms with Crippen molar-refractivity contribution < 1.29 is 32.2 Å². The molecule has 3 fully saturated rings. The average Bonchev–Trinajstić information content (AvgIpc) is 2.66. The Balaban J connectivity index is 1.27. The SMILES string of the molecule is CC(Oc1ccc(C2CN(C(=O)N3CCC4OCC(=O)N[C@@H]4C3)C2)cc1)C(F)(F)F. The van der Waals surface area contributed by atoms with Crippen molar-refractivity contribution in [2.24, 2.45) is 0 Å². The van der Waals surface area contributed by atoms with Gasteiger partial charge >= 0.3 is 12.2 Å². The molecule has 7 nitrogen and oxygen atoms in total. The maximum atomic E-state index is 12.8. The molecule has 3 aliphatic heterocycles. The number of fused-ring (bicyclic) bond motifs is 1. The van der Waals surface area contributed by atoms with Gasteiger partial charge in [-0.15, -0.1) is 0 Å². The van der Waals surface area contributed by atoms with Crippen molar-refractivity contribution in [3.8, 4) is 5.75 Å². The molecule has 30 heavy (non-hydrogen) atoms. The molecule has 0 spiro atoms. The van der Waals surface area contributed by atoms with Gasteiger partial charge in [-0.1, -0.05) is 12.1 Å². The van der Waals surface area contributed by atoms with Gasteiger partial charge in [0.1, 0.15) is 12.4 Å². The minimum Gasteiger partial charge on any atom is -0.481 e. The number of nitrogens with one attached hydrogen (secondary N) is 1. The Labute approximate surface area is 172 Å². The summed E-state index contributed by atoms with van der Waals surface area (Å²) in [6.45, 7) is 3.15. The molecule has 3 atom stereocenters. The number of alkyl halides is 3. The number of carbonyl (C=O) groups excluding carboxylic acids is 2. The highest BCUT2D eigenvalue weighted by molar-refractivity contribution is 5.79. The van der Waals surface area contributed by atoms with Crippen LogP contribution in [0, 0.1) is 0 Å². The zero-order valence-electron chi connectivity index (χ0n) is 16.5. The summed E-state index contributed by atoms with van der Waals surface area (Å²) < 4.78 is 48.2. The number of carbonyl (C=O) groups is 2. The third-order valence-electron chi connectivity index (χ3n) is 5.87. The Bertz CT molecular complexity index is 795. The summed E-state index contributed by atoms with van der Waals surface area (Å²) in [7, 11) is 0. The summed E-state index contributed by atoms with van der Waals surface area (Å²) in [6, 6.07) is 6.30. The van der Waals surface area contributed by atoms with Crippen LogP contribution in [0.5, 0.6) is 5.75 Å². The van der Waals surface area contributed by atoms with E-state index in [2.05, 4.69) is 5.32 Å². The predicted molar refractivity (Wildman–Crippen MR) is 100 cm³/mol. The summed E-state index contributed by atoms with van der Waals surface area (Å²) in [5, 5.41) is 2.88. The van der Waals surface area contributed by atoms with E-state index >= 15 is 0 Å². The second kappa shape index (κ2) is 7.98. The molecule has 2 unspecified atom stereocenters. The minimum atomic E-state index is -4.41. The number of likely N-dealkylation sites (tertiary alicyclic amines) is 2. The maximum absolute atomic E-state index is 12.8. The number of benzene rings is 1. The summed E-state index contributed by atoms with van der Waals surface area (Å²) in [5.74, 6) is 0.139. The molecule has 0 radical (unpaired) electrons. The van der Waals surface area contributed by atoms with Gasteiger partial charge in [-0.05, 0) is 31.0 Å². The zero-order valence-corrected chi connectivity index (χ0v) is 16.5. The van der Waals surface area contributed by atoms with Gasteiger partial charge in [0.05, 0.1) is 12.1 Å². The van der Waals surface area contributed by atoms with Crippen LogP contribution in [0.2, 0.25) is 0 Å². The van der Waals surface area contributed by atoms with E-state index in [1.807, 2.05) is 0 Å². The molecule has 10 heteroatoms. The predicted octanol–water partition coefficient (Wildman–Crippen LogP) is 2.12. The van der Waals surface area contributed by atoms with Crippen molar-refractivity contribution >= 4 is 11.9 Å². The van der Waals surface area contributed by atoms with Crippen LogP contribution in [0.25, 0.3) is 0 Å². The first-order valence-electron chi connectivity index (χ1n) is 9.99. The van der Waals surface area contributed by atoms with Gasteiger partial charge in [0.2, 0.25) is 5.91 Å². The highest BCUT2D eigenvalue weighted by Crippen LogP contribution is 2.31. The molecular weight excluding hydrogens is 403 g/mol. The molecular formula is C20H24F3N3O4. The van der Waals surface area contributed by atoms with E-state index in [1.54, 1.807) is 21.9 Å². The van der Waals surface area contributed by atoms with Gasteiger partial charge < -0.3 is 24.6 Å². The molecule has 164 valence electrons. The van der Waals surface area contributed by atoms with Crippen LogP contribution < -0.4 is 10.1 Å². The number of hydrogen-bond donors (Lipinski definition) is 1. The number of piperidine rings is 1. The van der Waals surface area contributed by atoms with Crippen molar-refractivity contribution in [1.82, 2.24) is 15.1 Å². The lowest BCUT2D eigenvalue weighted by molar-refractivity contribution is -0.189. The van der Waals surface area contributed by atoms with E-state index in [0.717, 1.165) is 12.5 Å². The van der Waals surface area contributed by atoms with Crippen LogP contribution in [0.1, 0.15) is 24.8 Å². The number of amides is 3. The quantitative estimate of drug-likeness (QED) is 0.803. The average molecular weight is 427 g/mol. The number of ether oxygens (including phenoxy) is 2. The van der Waals surface area contributed by atoms with Crippen molar-refractivity contribution in [3.63, 3.8) is 0 Å². The molecule has 0 bridgehead atoms. The van der Waals surface area contributed by atoms with E-state index < -0.39 is 12.3 Å². The Hall–Kier alpha value is -2.49. The normalized spacial score (nSPS) is 25.8. The van der Waals surface area contributed by atoms with Gasteiger partial charge in [-0.25, -0.2) is 4.79 Å². The van der Waals surface area contributed by atoms with Crippen molar-refractivity contribution in [3.05, 3.63) is 29.8 Å². The lowest BCUT2D eigenvalue weighted by atomic mass is 9.91. The Morgan fingerprint density at radius 2 is 1.90 bits per heavy atom. The van der Waals surface area contributed by atoms with Gasteiger partial charge in [0, 0.05) is 32.1 Å². The van der Waals surface area contributed by atoms with E-state index in [-0.39, 0.29) is 42.4 Å². The Morgan fingerprint density at radius 1 is 1.20 bits per heavy atom. The van der Waals surface area contributed by atoms with Gasteiger partial charge in [0.25, 0.3) is 0 Å². The third kappa shape index (κ3) is 4.33. The summed E-state index contributed by atoms with van der Waals surface area (Å²) in [6.07, 6.45) is -5.64. The summed E-state index contributed by atoms with van der Waals surface area (Å²) in [5.41, 5.74) is 0.956. The number of morpholine rings is 1. The molecule has 3 aliphatic rings. The van der Waals surface area contributed by atoms with Crippen LogP contribution in [0.15, 0.2) is 24.3 Å². The number of halogens is 3. The summed E-state index contributed by atoms with van der Waals surface area (Å²) >= 11 is 0. The Morgan fingerprint density at radius 3 is 2.57 bits per heavy atom. The lowest BCUT2D eigenvalue weighted by Gasteiger charge is -2.46. The van der Waals surface area contributed by atoms with Crippen molar-refractivity contribution in [1.29, 1.82) is 0 Å². The molecule has 1 aromatic rings. The molecule has 1 aromatic carbocycles. The molecule has 0 aromatic heterocycles. The van der Waals surface area contributed by atoms with Crippen LogP contribution in [-0.2, 0) is 9.53 Å². The monoisotopic (exact) mass is 427 g/mol. The highest BCUT2D eigenvalue weighted by atomic mass is 19.4. The van der Waals surface area contributed by atoms with Gasteiger partial charge in [-0.3, -0.25) is 4.79 Å². The van der Waals surface area contributed by atoms with E-state index in [9.17, 15) is 22.8 Å². The standard InChI is InChI=1S/C20H24F3N3O4/c1-12(20(21,22)23)30-15-4-2-13(3-5-15)14-8-26(9-14)19(28)25-7-6-17-16(10-25)24-18(27)11-29-17/h2-5,12,14,16-17H,6-11H2,1H3,(H,24,27)/t12?,16-,17?/m1/s1. The molecule has 4 rings (SSSR count). The molecule has 3 amide bonds. The minimum absolute atomic E-state index is 0.0447. The fraction of sp³-hybridized carbons (Fsp3) is 0.600. The first-order valence-corrected chi connectivity index (χ1v) is 9.99. The van der Waals surface area contributed by atoms with Crippen molar-refractivity contribution in [2.75, 3.05) is 32.8 Å². The van der Waals surface area contributed by atoms with E-state index in [0.29, 0.717) is 32.6 Å². The van der Waals surface area contributed by atoms with Gasteiger partial charge in [0.15, 0.2) is 6.10 Å². The van der Waals surface area contributed by atoms with E-state index in [1.165, 1.54) is 12.1 Å². The highest BCUT2D eigenvalue weighted by Gasteiger charge is 2.40. The third-order valence-corrected chi connectivity index (χ3v) is 5.87. The van der Waals surface area contributed by atoms with Crippen LogP contribution in [0.3, 0.4) is 0 Å². The second-order valence-corrected chi connectivity index (χ2v) is 8.01. The smallest absolute Gasteiger partial charge is 0.425 e. The molecule has 3 heterocycles. The molecule has 0 saturated carbocycles. The molecule has 1 N–H and O–H groups in total. The van der Waals surface area contributed by atoms with Crippen LogP contribution in [-0.4, -0.2) is 79.0 Å². The number of hydrogen-bond acceptors (Lipinski definition) is 4. The van der Waals surface area contributed by atoms with Crippen LogP contribution in [0.4, 0.5) is 18.0 Å². The molecule has 3 saturated heterocycles. The second-order valence-electron chi connectivity index (χ2n) is 8.01. The van der Waals surface area contributed by atoms with E-state index in [4.69, 9.17) is 9.47 Å². The topological polar surface area (TPSA) is 71.1 Å². The number of nitrogens with zero attached hydrogens (tertiary/aromatic N) is 2. The van der Waals surface area contributed by atoms with Gasteiger partial charge in [-0.2, -0.15) is 13.2 Å². The fourth-order valence-corrected chi connectivity index (χ4v) is 4.01. The zero-order chi connectivity index (χ0) is 21.5. The first-order chi connectivity index (χ1) is 14.2. The largest absolute Gasteiger partial charge is 0.481 e. The maximum Gasteiger partial charge on any atom is 0.425 e. The summed E-state index contributed by atoms with van der Waals surface area (Å²) in [4.78, 5) is 27.7. The lowest BCUT2D eigenvalue weighted by Crippen LogP contribution is -2.63. The van der Waals surface area contributed by atoms with Crippen LogP contribution >= 0.6 is 0 Å². The van der Waals surface area contributed by atoms with Crippen molar-refractivity contribution in [2.45, 2.75) is 43.7 Å².